The molecule has 0 amide bonds. The van der Waals surface area contributed by atoms with Crippen LogP contribution in [-0.4, -0.2) is 23.2 Å². The molecule has 3 rings (SSSR count). The van der Waals surface area contributed by atoms with E-state index in [0.717, 1.165) is 11.8 Å². The SMILES string of the molecule is CCCn1c(-c2coc3ccccc23)nnc1S(=O)(=O)Cl. The number of rotatable bonds is 4. The van der Waals surface area contributed by atoms with Crippen LogP contribution in [0.4, 0.5) is 0 Å². The molecular formula is C13H12ClN3O3S. The minimum absolute atomic E-state index is 0.244. The van der Waals surface area contributed by atoms with Gasteiger partial charge < -0.3 is 4.42 Å². The molecule has 0 atom stereocenters. The average Bonchev–Trinajstić information content (AvgIpc) is 3.02. The zero-order valence-corrected chi connectivity index (χ0v) is 12.7. The smallest absolute Gasteiger partial charge is 0.296 e. The number of nitrogens with zero attached hydrogens (tertiary/aromatic N) is 3. The van der Waals surface area contributed by atoms with Crippen LogP contribution in [0, 0.1) is 0 Å². The first-order chi connectivity index (χ1) is 10.0. The maximum absolute atomic E-state index is 11.6. The van der Waals surface area contributed by atoms with Crippen molar-refractivity contribution in [3.05, 3.63) is 30.5 Å². The lowest BCUT2D eigenvalue weighted by Crippen LogP contribution is -2.07. The van der Waals surface area contributed by atoms with Gasteiger partial charge in [-0.2, -0.15) is 0 Å². The molecule has 0 radical (unpaired) electrons. The first-order valence-electron chi connectivity index (χ1n) is 6.37. The standard InChI is InChI=1S/C13H12ClN3O3S/c1-2-7-17-12(15-16-13(17)21(14,18)19)10-8-20-11-6-4-3-5-9(10)11/h3-6,8H,2,7H2,1H3. The topological polar surface area (TPSA) is 78.0 Å². The van der Waals surface area contributed by atoms with Crippen LogP contribution in [0.15, 0.2) is 40.1 Å². The van der Waals surface area contributed by atoms with Crippen molar-refractivity contribution in [2.75, 3.05) is 0 Å². The molecule has 0 bridgehead atoms. The molecule has 8 heteroatoms. The fraction of sp³-hybridized carbons (Fsp3) is 0.231. The van der Waals surface area contributed by atoms with Crippen molar-refractivity contribution >= 4 is 30.7 Å². The van der Waals surface area contributed by atoms with Gasteiger partial charge in [-0.15, -0.1) is 10.2 Å². The maximum atomic E-state index is 11.6. The molecule has 0 spiro atoms. The van der Waals surface area contributed by atoms with Gasteiger partial charge in [-0.25, -0.2) is 8.42 Å². The predicted molar refractivity (Wildman–Crippen MR) is 78.6 cm³/mol. The van der Waals surface area contributed by atoms with E-state index in [1.54, 1.807) is 6.26 Å². The monoisotopic (exact) mass is 325 g/mol. The number of hydrogen-bond donors (Lipinski definition) is 0. The van der Waals surface area contributed by atoms with Gasteiger partial charge in [0.15, 0.2) is 5.82 Å². The highest BCUT2D eigenvalue weighted by Crippen LogP contribution is 2.31. The number of para-hydroxylation sites is 1. The van der Waals surface area contributed by atoms with Gasteiger partial charge in [0.1, 0.15) is 11.8 Å². The van der Waals surface area contributed by atoms with Crippen molar-refractivity contribution in [1.82, 2.24) is 14.8 Å². The largest absolute Gasteiger partial charge is 0.464 e. The van der Waals surface area contributed by atoms with Crippen LogP contribution in [0.1, 0.15) is 13.3 Å². The minimum atomic E-state index is -3.95. The highest BCUT2D eigenvalue weighted by Gasteiger charge is 2.24. The summed E-state index contributed by atoms with van der Waals surface area (Å²) in [5.74, 6) is 0.432. The third-order valence-corrected chi connectivity index (χ3v) is 4.26. The predicted octanol–water partition coefficient (Wildman–Crippen LogP) is 3.03. The Bertz CT molecular complexity index is 898. The number of aromatic nitrogens is 3. The van der Waals surface area contributed by atoms with Crippen LogP contribution in [0.3, 0.4) is 0 Å². The van der Waals surface area contributed by atoms with Crippen molar-refractivity contribution in [2.45, 2.75) is 25.0 Å². The highest BCUT2D eigenvalue weighted by molar-refractivity contribution is 8.13. The molecule has 6 nitrogen and oxygen atoms in total. The summed E-state index contributed by atoms with van der Waals surface area (Å²) in [7, 11) is 1.47. The lowest BCUT2D eigenvalue weighted by molar-refractivity contribution is 0.569. The molecule has 0 aliphatic heterocycles. The highest BCUT2D eigenvalue weighted by atomic mass is 35.7. The zero-order chi connectivity index (χ0) is 15.0. The van der Waals surface area contributed by atoms with E-state index in [1.165, 1.54) is 4.57 Å². The molecule has 1 aromatic carbocycles. The van der Waals surface area contributed by atoms with Crippen molar-refractivity contribution in [3.63, 3.8) is 0 Å². The molecule has 2 heterocycles. The number of furan rings is 1. The summed E-state index contributed by atoms with van der Waals surface area (Å²) >= 11 is 0. The van der Waals surface area contributed by atoms with E-state index in [4.69, 9.17) is 15.1 Å². The number of benzene rings is 1. The lowest BCUT2D eigenvalue weighted by atomic mass is 10.1. The summed E-state index contributed by atoms with van der Waals surface area (Å²) in [5.41, 5.74) is 1.40. The van der Waals surface area contributed by atoms with Gasteiger partial charge in [0.25, 0.3) is 14.2 Å². The van der Waals surface area contributed by atoms with Crippen LogP contribution < -0.4 is 0 Å². The lowest BCUT2D eigenvalue weighted by Gasteiger charge is -2.06. The molecule has 0 aliphatic rings. The maximum Gasteiger partial charge on any atom is 0.296 e. The summed E-state index contributed by atoms with van der Waals surface area (Å²) in [6, 6.07) is 7.45. The Hall–Kier alpha value is -1.86. The Balaban J connectivity index is 2.25. The fourth-order valence-electron chi connectivity index (χ4n) is 2.24. The van der Waals surface area contributed by atoms with Crippen molar-refractivity contribution < 1.29 is 12.8 Å². The Morgan fingerprint density at radius 3 is 2.76 bits per heavy atom. The van der Waals surface area contributed by atoms with Gasteiger partial charge in [0.05, 0.1) is 5.56 Å². The summed E-state index contributed by atoms with van der Waals surface area (Å²) in [4.78, 5) is 0. The van der Waals surface area contributed by atoms with Crippen LogP contribution in [-0.2, 0) is 15.6 Å². The average molecular weight is 326 g/mol. The van der Waals surface area contributed by atoms with Crippen molar-refractivity contribution in [2.24, 2.45) is 0 Å². The van der Waals surface area contributed by atoms with E-state index in [1.807, 2.05) is 31.2 Å². The molecule has 3 aromatic rings. The fourth-order valence-corrected chi connectivity index (χ4v) is 3.17. The summed E-state index contributed by atoms with van der Waals surface area (Å²) in [5, 5.41) is 8.31. The van der Waals surface area contributed by atoms with E-state index in [0.29, 0.717) is 23.5 Å². The summed E-state index contributed by atoms with van der Waals surface area (Å²) in [6.07, 6.45) is 2.27. The van der Waals surface area contributed by atoms with Gasteiger partial charge in [0, 0.05) is 22.6 Å². The second-order valence-electron chi connectivity index (χ2n) is 4.54. The molecule has 0 unspecified atom stereocenters. The minimum Gasteiger partial charge on any atom is -0.464 e. The normalized spacial score (nSPS) is 12.1. The molecule has 110 valence electrons. The van der Waals surface area contributed by atoms with Crippen molar-refractivity contribution in [1.29, 1.82) is 0 Å². The summed E-state index contributed by atoms with van der Waals surface area (Å²) in [6.45, 7) is 2.38. The Morgan fingerprint density at radius 1 is 1.29 bits per heavy atom. The first-order valence-corrected chi connectivity index (χ1v) is 8.67. The Kier molecular flexibility index (Phi) is 3.46. The van der Waals surface area contributed by atoms with Crippen LogP contribution in [0.25, 0.3) is 22.4 Å². The van der Waals surface area contributed by atoms with E-state index in [-0.39, 0.29) is 5.16 Å². The third-order valence-electron chi connectivity index (χ3n) is 3.10. The van der Waals surface area contributed by atoms with E-state index < -0.39 is 9.05 Å². The van der Waals surface area contributed by atoms with Gasteiger partial charge in [-0.05, 0) is 12.5 Å². The molecule has 2 aromatic heterocycles. The van der Waals surface area contributed by atoms with E-state index >= 15 is 0 Å². The van der Waals surface area contributed by atoms with Crippen LogP contribution in [0.5, 0.6) is 0 Å². The van der Waals surface area contributed by atoms with Gasteiger partial charge in [-0.1, -0.05) is 25.1 Å². The Labute approximate surface area is 125 Å². The molecule has 0 aliphatic carbocycles. The number of fused-ring (bicyclic) bond motifs is 1. The quantitative estimate of drug-likeness (QED) is 0.689. The van der Waals surface area contributed by atoms with Crippen LogP contribution in [0.2, 0.25) is 0 Å². The number of halogens is 1. The van der Waals surface area contributed by atoms with Crippen LogP contribution >= 0.6 is 10.7 Å². The molecule has 0 saturated heterocycles. The van der Waals surface area contributed by atoms with Gasteiger partial charge in [-0.3, -0.25) is 4.57 Å². The molecule has 0 saturated carbocycles. The van der Waals surface area contributed by atoms with E-state index in [9.17, 15) is 8.42 Å². The van der Waals surface area contributed by atoms with Gasteiger partial charge >= 0.3 is 0 Å². The Morgan fingerprint density at radius 2 is 2.05 bits per heavy atom. The molecule has 0 fully saturated rings. The molecule has 0 N–H and O–H groups in total. The summed E-state index contributed by atoms with van der Waals surface area (Å²) < 4.78 is 30.2. The third kappa shape index (κ3) is 2.43. The second-order valence-corrected chi connectivity index (χ2v) is 7.00. The first kappa shape index (κ1) is 14.1. The van der Waals surface area contributed by atoms with Gasteiger partial charge in [0.2, 0.25) is 0 Å². The van der Waals surface area contributed by atoms with E-state index in [2.05, 4.69) is 10.2 Å². The van der Waals surface area contributed by atoms with Crippen molar-refractivity contribution in [3.8, 4) is 11.4 Å². The zero-order valence-electron chi connectivity index (χ0n) is 11.2. The number of hydrogen-bond acceptors (Lipinski definition) is 5. The molecular weight excluding hydrogens is 314 g/mol. The second kappa shape index (κ2) is 5.16. The molecule has 21 heavy (non-hydrogen) atoms.